The number of esters is 1. The van der Waals surface area contributed by atoms with E-state index >= 15 is 0 Å². The minimum Gasteiger partial charge on any atom is -0.466 e. The summed E-state index contributed by atoms with van der Waals surface area (Å²) in [4.78, 5) is 41.5. The number of halogens is 1. The van der Waals surface area contributed by atoms with E-state index in [9.17, 15) is 19.5 Å². The number of fused-ring (bicyclic) bond motifs is 1. The number of aliphatic hydroxyl groups is 1. The molecule has 3 saturated heterocycles. The predicted octanol–water partition coefficient (Wildman–Crippen LogP) is 2.56. The lowest BCUT2D eigenvalue weighted by molar-refractivity contribution is -0.154. The van der Waals surface area contributed by atoms with E-state index in [-0.39, 0.29) is 42.2 Å². The van der Waals surface area contributed by atoms with Crippen molar-refractivity contribution in [2.45, 2.75) is 49.3 Å². The number of amides is 2. The molecule has 1 aromatic rings. The molecule has 31 heavy (non-hydrogen) atoms. The molecule has 0 aliphatic carbocycles. The van der Waals surface area contributed by atoms with Crippen LogP contribution in [0.4, 0.5) is 5.69 Å². The first kappa shape index (κ1) is 22.4. The van der Waals surface area contributed by atoms with E-state index in [2.05, 4.69) is 5.32 Å². The van der Waals surface area contributed by atoms with Crippen molar-refractivity contribution in [3.63, 3.8) is 0 Å². The fourth-order valence-electron chi connectivity index (χ4n) is 5.57. The Morgan fingerprint density at radius 3 is 2.68 bits per heavy atom. The molecule has 2 amide bonds. The minimum absolute atomic E-state index is 0.0546. The molecule has 3 heterocycles. The second kappa shape index (κ2) is 8.30. The first-order valence-corrected chi connectivity index (χ1v) is 11.9. The maximum atomic E-state index is 13.6. The molecule has 3 aliphatic rings. The summed E-state index contributed by atoms with van der Waals surface area (Å²) in [5.41, 5.74) is 0.574. The Balaban J connectivity index is 1.75. The second-order valence-electron chi connectivity index (χ2n) is 8.58. The summed E-state index contributed by atoms with van der Waals surface area (Å²) in [7, 11) is 0. The predicted molar refractivity (Wildman–Crippen MR) is 119 cm³/mol. The third-order valence-corrected chi connectivity index (χ3v) is 9.17. The molecule has 0 aromatic heterocycles. The van der Waals surface area contributed by atoms with Gasteiger partial charge in [-0.3, -0.25) is 14.4 Å². The highest BCUT2D eigenvalue weighted by atomic mass is 35.5. The first-order valence-electron chi connectivity index (χ1n) is 10.6. The Morgan fingerprint density at radius 1 is 1.39 bits per heavy atom. The Labute approximate surface area is 190 Å². The van der Waals surface area contributed by atoms with Crippen molar-refractivity contribution < 1.29 is 24.2 Å². The number of hydrogen-bond acceptors (Lipinski definition) is 6. The zero-order chi connectivity index (χ0) is 22.5. The van der Waals surface area contributed by atoms with Crippen molar-refractivity contribution >= 4 is 46.8 Å². The average molecular weight is 467 g/mol. The summed E-state index contributed by atoms with van der Waals surface area (Å²) in [5, 5.41) is 13.3. The number of carbonyl (C=O) groups excluding carboxylic acids is 3. The van der Waals surface area contributed by atoms with E-state index in [1.165, 1.54) is 4.90 Å². The Hall–Kier alpha value is -1.77. The maximum absolute atomic E-state index is 13.6. The van der Waals surface area contributed by atoms with Gasteiger partial charge in [0.15, 0.2) is 0 Å². The third kappa shape index (κ3) is 3.34. The molecule has 4 rings (SSSR count). The lowest BCUT2D eigenvalue weighted by Gasteiger charge is -2.39. The molecule has 3 unspecified atom stereocenters. The van der Waals surface area contributed by atoms with Crippen LogP contribution in [0.25, 0.3) is 0 Å². The SMILES string of the molecule is CCOC(=O)[C@@H]1[C@@H]2CC(C)C3(S2)C(C(=O)Nc2ccc(Cl)cc2)N([C@H](C)CO)C(=O)[C@H]13. The molecule has 9 heteroatoms. The van der Waals surface area contributed by atoms with Crippen LogP contribution in [0.2, 0.25) is 5.02 Å². The highest BCUT2D eigenvalue weighted by Gasteiger charge is 2.76. The summed E-state index contributed by atoms with van der Waals surface area (Å²) in [5.74, 6) is -2.10. The first-order chi connectivity index (χ1) is 14.8. The number of rotatable bonds is 6. The van der Waals surface area contributed by atoms with E-state index in [4.69, 9.17) is 16.3 Å². The molecule has 1 aromatic carbocycles. The van der Waals surface area contributed by atoms with Crippen molar-refractivity contribution in [3.8, 4) is 0 Å². The Kier molecular flexibility index (Phi) is 6.00. The van der Waals surface area contributed by atoms with Crippen LogP contribution in [0, 0.1) is 17.8 Å². The van der Waals surface area contributed by atoms with Crippen LogP contribution in [0.5, 0.6) is 0 Å². The summed E-state index contributed by atoms with van der Waals surface area (Å²) in [6.45, 7) is 5.48. The summed E-state index contributed by atoms with van der Waals surface area (Å²) in [6.07, 6.45) is 0.740. The van der Waals surface area contributed by atoms with Crippen LogP contribution in [0.15, 0.2) is 24.3 Å². The highest BCUT2D eigenvalue weighted by molar-refractivity contribution is 8.02. The van der Waals surface area contributed by atoms with Gasteiger partial charge in [-0.05, 0) is 50.5 Å². The lowest BCUT2D eigenvalue weighted by Crippen LogP contribution is -2.56. The zero-order valence-corrected chi connectivity index (χ0v) is 19.3. The molecule has 0 radical (unpaired) electrons. The number of hydrogen-bond donors (Lipinski definition) is 2. The van der Waals surface area contributed by atoms with Crippen molar-refractivity contribution in [2.24, 2.45) is 17.8 Å². The van der Waals surface area contributed by atoms with E-state index in [1.807, 2.05) is 6.92 Å². The van der Waals surface area contributed by atoms with Crippen LogP contribution in [0.3, 0.4) is 0 Å². The van der Waals surface area contributed by atoms with Gasteiger partial charge in [0.1, 0.15) is 6.04 Å². The smallest absolute Gasteiger partial charge is 0.310 e. The van der Waals surface area contributed by atoms with Gasteiger partial charge in [0, 0.05) is 16.0 Å². The number of nitrogens with zero attached hydrogens (tertiary/aromatic N) is 1. The second-order valence-corrected chi connectivity index (χ2v) is 10.6. The molecule has 7 atom stereocenters. The van der Waals surface area contributed by atoms with Crippen molar-refractivity contribution in [1.29, 1.82) is 0 Å². The van der Waals surface area contributed by atoms with Crippen molar-refractivity contribution in [2.75, 3.05) is 18.5 Å². The van der Waals surface area contributed by atoms with Gasteiger partial charge in [-0.1, -0.05) is 18.5 Å². The number of carbonyl (C=O) groups is 3. The largest absolute Gasteiger partial charge is 0.466 e. The number of ether oxygens (including phenoxy) is 1. The molecule has 168 valence electrons. The molecule has 1 spiro atoms. The van der Waals surface area contributed by atoms with E-state index in [0.717, 1.165) is 6.42 Å². The average Bonchev–Trinajstić information content (AvgIpc) is 3.33. The number of thioether (sulfide) groups is 1. The quantitative estimate of drug-likeness (QED) is 0.625. The number of likely N-dealkylation sites (tertiary alicyclic amines) is 1. The molecular weight excluding hydrogens is 440 g/mol. The van der Waals surface area contributed by atoms with Gasteiger partial charge in [0.2, 0.25) is 11.8 Å². The zero-order valence-electron chi connectivity index (χ0n) is 17.7. The van der Waals surface area contributed by atoms with Gasteiger partial charge in [-0.15, -0.1) is 11.8 Å². The molecule has 3 aliphatic heterocycles. The number of nitrogens with one attached hydrogen (secondary N) is 1. The van der Waals surface area contributed by atoms with Crippen LogP contribution in [-0.2, 0) is 19.1 Å². The Morgan fingerprint density at radius 2 is 2.06 bits per heavy atom. The highest BCUT2D eigenvalue weighted by Crippen LogP contribution is 2.68. The summed E-state index contributed by atoms with van der Waals surface area (Å²) >= 11 is 7.53. The van der Waals surface area contributed by atoms with Crippen molar-refractivity contribution in [3.05, 3.63) is 29.3 Å². The minimum atomic E-state index is -0.799. The van der Waals surface area contributed by atoms with Gasteiger partial charge in [0.25, 0.3) is 0 Å². The van der Waals surface area contributed by atoms with Gasteiger partial charge < -0.3 is 20.1 Å². The summed E-state index contributed by atoms with van der Waals surface area (Å²) < 4.78 is 4.57. The third-order valence-electron chi connectivity index (χ3n) is 6.84. The molecule has 7 nitrogen and oxygen atoms in total. The topological polar surface area (TPSA) is 95.9 Å². The standard InChI is InChI=1S/C22H27ClN2O5S/c1-4-30-21(29)16-15-9-11(2)22(31-15)17(16)20(28)25(12(3)10-26)18(22)19(27)24-14-7-5-13(23)6-8-14/h5-8,11-12,15-18,26H,4,9-10H2,1-3H3,(H,24,27)/t11?,12-,15+,16-,17+,18?,22?/m1/s1. The normalized spacial score (nSPS) is 34.5. The fourth-order valence-corrected chi connectivity index (χ4v) is 8.09. The van der Waals surface area contributed by atoms with Crippen LogP contribution in [-0.4, -0.2) is 63.1 Å². The van der Waals surface area contributed by atoms with Crippen LogP contribution in [0.1, 0.15) is 27.2 Å². The van der Waals surface area contributed by atoms with Crippen molar-refractivity contribution in [1.82, 2.24) is 4.90 Å². The number of anilines is 1. The van der Waals surface area contributed by atoms with Gasteiger partial charge in [-0.25, -0.2) is 0 Å². The van der Waals surface area contributed by atoms with Gasteiger partial charge in [-0.2, -0.15) is 0 Å². The lowest BCUT2D eigenvalue weighted by atomic mass is 9.66. The van der Waals surface area contributed by atoms with Gasteiger partial charge in [0.05, 0.1) is 35.8 Å². The van der Waals surface area contributed by atoms with E-state index < -0.39 is 28.7 Å². The maximum Gasteiger partial charge on any atom is 0.310 e. The molecule has 2 N–H and O–H groups in total. The van der Waals surface area contributed by atoms with Crippen LogP contribution < -0.4 is 5.32 Å². The number of aliphatic hydroxyl groups excluding tert-OH is 1. The van der Waals surface area contributed by atoms with E-state index in [1.54, 1.807) is 49.9 Å². The molecular formula is C22H27ClN2O5S. The van der Waals surface area contributed by atoms with Gasteiger partial charge >= 0.3 is 5.97 Å². The van der Waals surface area contributed by atoms with E-state index in [0.29, 0.717) is 10.7 Å². The monoisotopic (exact) mass is 466 g/mol. The van der Waals surface area contributed by atoms with Crippen LogP contribution >= 0.6 is 23.4 Å². The number of benzene rings is 1. The Bertz CT molecular complexity index is 896. The molecule has 3 fully saturated rings. The summed E-state index contributed by atoms with van der Waals surface area (Å²) in [6, 6.07) is 5.42. The fraction of sp³-hybridized carbons (Fsp3) is 0.591. The molecule has 0 saturated carbocycles. The molecule has 2 bridgehead atoms.